The van der Waals surface area contributed by atoms with Crippen LogP contribution in [0.15, 0.2) is 46.9 Å². The van der Waals surface area contributed by atoms with Crippen molar-refractivity contribution in [3.63, 3.8) is 0 Å². The van der Waals surface area contributed by atoms with Gasteiger partial charge in [-0.05, 0) is 24.3 Å². The molecule has 0 radical (unpaired) electrons. The zero-order valence-corrected chi connectivity index (χ0v) is 15.9. The van der Waals surface area contributed by atoms with Crippen LogP contribution in [0, 0.1) is 10.1 Å². The molecule has 0 aliphatic heterocycles. The third-order valence-electron chi connectivity index (χ3n) is 4.27. The summed E-state index contributed by atoms with van der Waals surface area (Å²) in [5, 5.41) is 22.3. The summed E-state index contributed by atoms with van der Waals surface area (Å²) in [5.74, 6) is 0.935. The molecule has 0 unspecified atom stereocenters. The second kappa shape index (κ2) is 7.61. The number of hydrogen-bond acceptors (Lipinski definition) is 7. The predicted octanol–water partition coefficient (Wildman–Crippen LogP) is 4.15. The summed E-state index contributed by atoms with van der Waals surface area (Å²) in [6.07, 6.45) is 2.93. The number of carbonyl (C=O) groups excluding carboxylic acids is 1. The summed E-state index contributed by atoms with van der Waals surface area (Å²) in [6, 6.07) is 10.3. The van der Waals surface area contributed by atoms with Gasteiger partial charge in [-0.15, -0.1) is 21.5 Å². The molecule has 0 saturated heterocycles. The molecule has 4 rings (SSSR count). The molecule has 1 aliphatic carbocycles. The van der Waals surface area contributed by atoms with E-state index in [1.807, 2.05) is 11.4 Å². The van der Waals surface area contributed by atoms with Crippen LogP contribution in [0.5, 0.6) is 0 Å². The normalized spacial score (nSPS) is 13.6. The Labute approximate surface area is 163 Å². The van der Waals surface area contributed by atoms with E-state index in [-0.39, 0.29) is 17.2 Å². The first-order valence-electron chi connectivity index (χ1n) is 8.48. The Balaban J connectivity index is 1.48. The summed E-state index contributed by atoms with van der Waals surface area (Å²) < 4.78 is 2.14. The molecule has 1 aliphatic rings. The number of carbonyl (C=O) groups is 1. The Hall–Kier alpha value is -2.52. The average Bonchev–Trinajstić information content (AvgIpc) is 3.22. The maximum absolute atomic E-state index is 12.5. The number of non-ortho nitro benzene ring substituents is 1. The van der Waals surface area contributed by atoms with Gasteiger partial charge in [0.25, 0.3) is 5.69 Å². The van der Waals surface area contributed by atoms with Crippen LogP contribution in [-0.4, -0.2) is 31.2 Å². The molecule has 1 fully saturated rings. The zero-order valence-electron chi connectivity index (χ0n) is 14.3. The van der Waals surface area contributed by atoms with Crippen molar-refractivity contribution in [2.45, 2.75) is 30.5 Å². The molecule has 138 valence electrons. The molecule has 0 N–H and O–H groups in total. The van der Waals surface area contributed by atoms with Gasteiger partial charge in [-0.2, -0.15) is 0 Å². The van der Waals surface area contributed by atoms with Gasteiger partial charge in [-0.3, -0.25) is 14.9 Å². The number of rotatable bonds is 8. The first kappa shape index (κ1) is 17.9. The summed E-state index contributed by atoms with van der Waals surface area (Å²) in [6.45, 7) is 0. The van der Waals surface area contributed by atoms with Gasteiger partial charge in [0.2, 0.25) is 0 Å². The van der Waals surface area contributed by atoms with E-state index in [9.17, 15) is 14.9 Å². The highest BCUT2D eigenvalue weighted by atomic mass is 32.2. The van der Waals surface area contributed by atoms with Crippen molar-refractivity contribution < 1.29 is 9.72 Å². The van der Waals surface area contributed by atoms with E-state index in [1.54, 1.807) is 17.4 Å². The molecule has 2 heterocycles. The summed E-state index contributed by atoms with van der Waals surface area (Å²) >= 11 is 3.03. The van der Waals surface area contributed by atoms with Gasteiger partial charge in [-0.25, -0.2) is 0 Å². The Morgan fingerprint density at radius 2 is 2.15 bits per heavy atom. The van der Waals surface area contributed by atoms with Gasteiger partial charge in [0.1, 0.15) is 5.82 Å². The highest BCUT2D eigenvalue weighted by Crippen LogP contribution is 2.39. The van der Waals surface area contributed by atoms with Crippen LogP contribution in [0.4, 0.5) is 5.69 Å². The molecular formula is C18H16N4O3S2. The Kier molecular flexibility index (Phi) is 5.04. The quantitative estimate of drug-likeness (QED) is 0.244. The van der Waals surface area contributed by atoms with Crippen molar-refractivity contribution in [1.82, 2.24) is 14.8 Å². The summed E-state index contributed by atoms with van der Waals surface area (Å²) in [7, 11) is 0. The molecule has 0 amide bonds. The first-order valence-corrected chi connectivity index (χ1v) is 10.3. The lowest BCUT2D eigenvalue weighted by Gasteiger charge is -2.08. The number of Topliss-reactive ketones (excluding diaryl/α,β-unsaturated/α-hetero) is 1. The van der Waals surface area contributed by atoms with Gasteiger partial charge in [0.05, 0.1) is 10.7 Å². The second-order valence-electron chi connectivity index (χ2n) is 6.28. The molecule has 27 heavy (non-hydrogen) atoms. The molecule has 7 nitrogen and oxygen atoms in total. The average molecular weight is 400 g/mol. The lowest BCUT2D eigenvalue weighted by Crippen LogP contribution is -2.07. The number of thiophene rings is 1. The highest BCUT2D eigenvalue weighted by molar-refractivity contribution is 7.99. The second-order valence-corrected chi connectivity index (χ2v) is 8.25. The molecular weight excluding hydrogens is 384 g/mol. The molecule has 0 atom stereocenters. The minimum absolute atomic E-state index is 0.0785. The van der Waals surface area contributed by atoms with Crippen molar-refractivity contribution >= 4 is 34.6 Å². The van der Waals surface area contributed by atoms with Gasteiger partial charge in [-0.1, -0.05) is 30.0 Å². The predicted molar refractivity (Wildman–Crippen MR) is 104 cm³/mol. The summed E-state index contributed by atoms with van der Waals surface area (Å²) in [5.41, 5.74) is 0.262. The number of thioether (sulfide) groups is 1. The van der Waals surface area contributed by atoms with Crippen LogP contribution < -0.4 is 0 Å². The van der Waals surface area contributed by atoms with Crippen LogP contribution >= 0.6 is 23.1 Å². The van der Waals surface area contributed by atoms with E-state index in [0.29, 0.717) is 11.6 Å². The van der Waals surface area contributed by atoms with Crippen LogP contribution in [0.2, 0.25) is 0 Å². The minimum atomic E-state index is -0.496. The zero-order chi connectivity index (χ0) is 18.8. The number of nitro benzene ring substituents is 1. The Morgan fingerprint density at radius 3 is 2.85 bits per heavy atom. The monoisotopic (exact) mass is 400 g/mol. The number of benzene rings is 1. The summed E-state index contributed by atoms with van der Waals surface area (Å²) in [4.78, 5) is 24.1. The van der Waals surface area contributed by atoms with Gasteiger partial charge in [0.15, 0.2) is 10.9 Å². The molecule has 9 heteroatoms. The molecule has 3 aromatic rings. The molecule has 1 aromatic carbocycles. The fraction of sp³-hybridized carbons (Fsp3) is 0.278. The lowest BCUT2D eigenvalue weighted by atomic mass is 10.1. The van der Waals surface area contributed by atoms with Crippen molar-refractivity contribution in [3.05, 3.63) is 68.2 Å². The lowest BCUT2D eigenvalue weighted by molar-refractivity contribution is -0.384. The third kappa shape index (κ3) is 4.09. The fourth-order valence-corrected chi connectivity index (χ4v) is 4.42. The van der Waals surface area contributed by atoms with E-state index in [2.05, 4.69) is 20.8 Å². The molecule has 0 bridgehead atoms. The maximum Gasteiger partial charge on any atom is 0.270 e. The first-order chi connectivity index (χ1) is 13.1. The van der Waals surface area contributed by atoms with Crippen LogP contribution in [-0.2, 0) is 6.42 Å². The van der Waals surface area contributed by atoms with Crippen LogP contribution in [0.3, 0.4) is 0 Å². The highest BCUT2D eigenvalue weighted by Gasteiger charge is 2.30. The van der Waals surface area contributed by atoms with Crippen LogP contribution in [0.1, 0.15) is 39.9 Å². The Morgan fingerprint density at radius 1 is 1.30 bits per heavy atom. The van der Waals surface area contributed by atoms with Gasteiger partial charge in [0, 0.05) is 35.0 Å². The minimum Gasteiger partial charge on any atom is -0.303 e. The van der Waals surface area contributed by atoms with Gasteiger partial charge < -0.3 is 4.57 Å². The SMILES string of the molecule is O=C(CSc1nnc(Cc2cccs2)n1C1CC1)c1cccc([N+](=O)[O-])c1. The maximum atomic E-state index is 12.5. The molecule has 1 saturated carbocycles. The number of aromatic nitrogens is 3. The number of nitrogens with zero attached hydrogens (tertiary/aromatic N) is 4. The topological polar surface area (TPSA) is 90.9 Å². The number of nitro groups is 1. The number of hydrogen-bond donors (Lipinski definition) is 0. The van der Waals surface area contributed by atoms with Crippen molar-refractivity contribution in [2.75, 3.05) is 5.75 Å². The smallest absolute Gasteiger partial charge is 0.270 e. The van der Waals surface area contributed by atoms with Crippen molar-refractivity contribution in [2.24, 2.45) is 0 Å². The molecule has 0 spiro atoms. The van der Waals surface area contributed by atoms with Crippen LogP contribution in [0.25, 0.3) is 0 Å². The fourth-order valence-electron chi connectivity index (χ4n) is 2.80. The van der Waals surface area contributed by atoms with E-state index in [4.69, 9.17) is 0 Å². The van der Waals surface area contributed by atoms with E-state index >= 15 is 0 Å². The van der Waals surface area contributed by atoms with Crippen molar-refractivity contribution in [1.29, 1.82) is 0 Å². The largest absolute Gasteiger partial charge is 0.303 e. The number of ketones is 1. The Bertz CT molecular complexity index is 980. The van der Waals surface area contributed by atoms with E-state index < -0.39 is 4.92 Å². The van der Waals surface area contributed by atoms with E-state index in [0.717, 1.165) is 30.2 Å². The van der Waals surface area contributed by atoms with E-state index in [1.165, 1.54) is 34.8 Å². The molecule has 2 aromatic heterocycles. The standard InChI is InChI=1S/C18H16N4O3S2/c23-16(12-3-1-4-14(9-12)22(24)25)11-27-18-20-19-17(21(18)13-6-7-13)10-15-5-2-8-26-15/h1-5,8-9,13H,6-7,10-11H2. The van der Waals surface area contributed by atoms with Crippen molar-refractivity contribution in [3.8, 4) is 0 Å². The third-order valence-corrected chi connectivity index (χ3v) is 6.09. The van der Waals surface area contributed by atoms with Gasteiger partial charge >= 0.3 is 0 Å².